The Morgan fingerprint density at radius 2 is 2.27 bits per heavy atom. The Morgan fingerprint density at radius 3 is 2.93 bits per heavy atom. The molecule has 0 saturated carbocycles. The standard InChI is InChI=1S/C10H9NO4/c1-11-8-4-6(5-9(12)13)2-3-7(8)10(14)15-11/h2-4H,5H2,1H3,(H,12,13). The van der Waals surface area contributed by atoms with Crippen molar-refractivity contribution in [3.63, 3.8) is 0 Å². The highest BCUT2D eigenvalue weighted by molar-refractivity contribution is 5.80. The fraction of sp³-hybridized carbons (Fsp3) is 0.200. The monoisotopic (exact) mass is 207 g/mol. The first-order valence-corrected chi connectivity index (χ1v) is 4.38. The zero-order valence-corrected chi connectivity index (χ0v) is 8.06. The maximum Gasteiger partial charge on any atom is 0.365 e. The van der Waals surface area contributed by atoms with Gasteiger partial charge in [0, 0.05) is 7.05 Å². The maximum absolute atomic E-state index is 11.2. The molecule has 15 heavy (non-hydrogen) atoms. The summed E-state index contributed by atoms with van der Waals surface area (Å²) in [6, 6.07) is 4.85. The number of rotatable bonds is 2. The number of aromatic nitrogens is 1. The van der Waals surface area contributed by atoms with Gasteiger partial charge in [0.1, 0.15) is 0 Å². The normalized spacial score (nSPS) is 10.7. The summed E-state index contributed by atoms with van der Waals surface area (Å²) in [7, 11) is 1.61. The molecule has 0 atom stereocenters. The Hall–Kier alpha value is -2.04. The Balaban J connectivity index is 2.60. The molecule has 1 aromatic carbocycles. The number of carbonyl (C=O) groups is 1. The smallest absolute Gasteiger partial charge is 0.365 e. The summed E-state index contributed by atoms with van der Waals surface area (Å²) in [6.45, 7) is 0. The molecular formula is C10H9NO4. The SMILES string of the molecule is Cn1oc(=O)c2ccc(CC(=O)O)cc21. The van der Waals surface area contributed by atoms with Crippen LogP contribution in [0.15, 0.2) is 27.5 Å². The summed E-state index contributed by atoms with van der Waals surface area (Å²) in [6.07, 6.45) is -0.0602. The minimum atomic E-state index is -0.900. The summed E-state index contributed by atoms with van der Waals surface area (Å²) in [5.41, 5.74) is 0.847. The molecule has 2 rings (SSSR count). The van der Waals surface area contributed by atoms with Crippen LogP contribution in [-0.4, -0.2) is 15.8 Å². The number of aryl methyl sites for hydroxylation is 1. The quantitative estimate of drug-likeness (QED) is 0.789. The third-order valence-corrected chi connectivity index (χ3v) is 2.20. The first-order chi connectivity index (χ1) is 7.08. The van der Waals surface area contributed by atoms with Gasteiger partial charge in [-0.2, -0.15) is 0 Å². The van der Waals surface area contributed by atoms with E-state index in [1.165, 1.54) is 4.74 Å². The number of aliphatic carboxylic acids is 1. The van der Waals surface area contributed by atoms with Crippen molar-refractivity contribution in [2.24, 2.45) is 7.05 Å². The lowest BCUT2D eigenvalue weighted by Crippen LogP contribution is -2.00. The summed E-state index contributed by atoms with van der Waals surface area (Å²) < 4.78 is 6.17. The van der Waals surface area contributed by atoms with Gasteiger partial charge in [-0.25, -0.2) is 9.53 Å². The molecule has 0 radical (unpaired) electrons. The number of nitrogens with zero attached hydrogens (tertiary/aromatic N) is 1. The van der Waals surface area contributed by atoms with E-state index in [-0.39, 0.29) is 6.42 Å². The molecule has 0 fully saturated rings. The second kappa shape index (κ2) is 3.27. The molecule has 0 aliphatic rings. The van der Waals surface area contributed by atoms with Gasteiger partial charge in [-0.3, -0.25) is 4.79 Å². The van der Waals surface area contributed by atoms with Crippen molar-refractivity contribution in [2.45, 2.75) is 6.42 Å². The van der Waals surface area contributed by atoms with Crippen LogP contribution in [0.4, 0.5) is 0 Å². The fourth-order valence-electron chi connectivity index (χ4n) is 1.52. The molecule has 0 aliphatic heterocycles. The Bertz CT molecular complexity index is 579. The fourth-order valence-corrected chi connectivity index (χ4v) is 1.52. The molecule has 5 nitrogen and oxygen atoms in total. The highest BCUT2D eigenvalue weighted by atomic mass is 16.5. The van der Waals surface area contributed by atoms with Crippen molar-refractivity contribution in [1.29, 1.82) is 0 Å². The minimum Gasteiger partial charge on any atom is -0.481 e. The predicted molar refractivity (Wildman–Crippen MR) is 52.8 cm³/mol. The van der Waals surface area contributed by atoms with Crippen LogP contribution in [0.1, 0.15) is 5.56 Å². The molecule has 0 spiro atoms. The van der Waals surface area contributed by atoms with Crippen LogP contribution in [0.2, 0.25) is 0 Å². The van der Waals surface area contributed by atoms with Crippen molar-refractivity contribution in [2.75, 3.05) is 0 Å². The molecule has 0 saturated heterocycles. The minimum absolute atomic E-state index is 0.0602. The third-order valence-electron chi connectivity index (χ3n) is 2.20. The van der Waals surface area contributed by atoms with Gasteiger partial charge >= 0.3 is 11.6 Å². The van der Waals surface area contributed by atoms with Crippen LogP contribution in [-0.2, 0) is 18.3 Å². The molecule has 78 valence electrons. The number of hydrogen-bond donors (Lipinski definition) is 1. The van der Waals surface area contributed by atoms with Gasteiger partial charge in [-0.15, -0.1) is 0 Å². The van der Waals surface area contributed by atoms with Gasteiger partial charge in [0.05, 0.1) is 17.3 Å². The molecule has 1 N–H and O–H groups in total. The lowest BCUT2D eigenvalue weighted by molar-refractivity contribution is -0.136. The molecule has 0 amide bonds. The average molecular weight is 207 g/mol. The summed E-state index contributed by atoms with van der Waals surface area (Å²) >= 11 is 0. The van der Waals surface area contributed by atoms with Crippen molar-refractivity contribution >= 4 is 16.9 Å². The first-order valence-electron chi connectivity index (χ1n) is 4.38. The number of hydrogen-bond acceptors (Lipinski definition) is 3. The lowest BCUT2D eigenvalue weighted by Gasteiger charge is -1.97. The Morgan fingerprint density at radius 1 is 1.53 bits per heavy atom. The second-order valence-electron chi connectivity index (χ2n) is 3.30. The number of fused-ring (bicyclic) bond motifs is 1. The highest BCUT2D eigenvalue weighted by Crippen LogP contribution is 2.13. The van der Waals surface area contributed by atoms with E-state index in [9.17, 15) is 9.59 Å². The van der Waals surface area contributed by atoms with Crippen LogP contribution in [0, 0.1) is 0 Å². The van der Waals surface area contributed by atoms with E-state index in [1.807, 2.05) is 0 Å². The van der Waals surface area contributed by atoms with Crippen molar-refractivity contribution in [3.05, 3.63) is 34.2 Å². The second-order valence-corrected chi connectivity index (χ2v) is 3.30. The van der Waals surface area contributed by atoms with E-state index in [4.69, 9.17) is 9.63 Å². The molecule has 0 unspecified atom stereocenters. The first kappa shape index (κ1) is 9.51. The van der Waals surface area contributed by atoms with Gasteiger partial charge in [0.15, 0.2) is 0 Å². The van der Waals surface area contributed by atoms with Gasteiger partial charge in [0.25, 0.3) is 0 Å². The predicted octanol–water partition coefficient (Wildman–Crippen LogP) is 0.759. The molecule has 1 heterocycles. The number of carboxylic acids is 1. The van der Waals surface area contributed by atoms with Gasteiger partial charge in [-0.1, -0.05) is 6.07 Å². The zero-order valence-electron chi connectivity index (χ0n) is 8.06. The van der Waals surface area contributed by atoms with E-state index in [0.29, 0.717) is 16.5 Å². The third kappa shape index (κ3) is 1.63. The highest BCUT2D eigenvalue weighted by Gasteiger charge is 2.08. The van der Waals surface area contributed by atoms with Crippen LogP contribution in [0.3, 0.4) is 0 Å². The largest absolute Gasteiger partial charge is 0.481 e. The molecular weight excluding hydrogens is 198 g/mol. The zero-order chi connectivity index (χ0) is 11.0. The topological polar surface area (TPSA) is 72.4 Å². The van der Waals surface area contributed by atoms with E-state index in [0.717, 1.165) is 0 Å². The van der Waals surface area contributed by atoms with Crippen LogP contribution in [0.5, 0.6) is 0 Å². The summed E-state index contributed by atoms with van der Waals surface area (Å²) in [5.74, 6) is -0.900. The van der Waals surface area contributed by atoms with Crippen molar-refractivity contribution in [3.8, 4) is 0 Å². The van der Waals surface area contributed by atoms with Gasteiger partial charge < -0.3 is 9.63 Å². The van der Waals surface area contributed by atoms with Crippen LogP contribution in [0.25, 0.3) is 10.9 Å². The summed E-state index contributed by atoms with van der Waals surface area (Å²) in [5, 5.41) is 9.09. The van der Waals surface area contributed by atoms with E-state index in [2.05, 4.69) is 0 Å². The van der Waals surface area contributed by atoms with Crippen molar-refractivity contribution in [1.82, 2.24) is 4.74 Å². The molecule has 0 aliphatic carbocycles. The Kier molecular flexibility index (Phi) is 2.07. The average Bonchev–Trinajstić information content (AvgIpc) is 2.41. The van der Waals surface area contributed by atoms with Gasteiger partial charge in [-0.05, 0) is 17.7 Å². The molecule has 1 aromatic heterocycles. The van der Waals surface area contributed by atoms with Crippen LogP contribution >= 0.6 is 0 Å². The Labute approximate surface area is 84.5 Å². The lowest BCUT2D eigenvalue weighted by atomic mass is 10.1. The number of benzene rings is 1. The number of carboxylic acid groups (broad SMARTS) is 1. The molecule has 2 aromatic rings. The maximum atomic E-state index is 11.2. The van der Waals surface area contributed by atoms with E-state index < -0.39 is 11.6 Å². The molecule has 5 heteroatoms. The van der Waals surface area contributed by atoms with Crippen LogP contribution < -0.4 is 5.63 Å². The molecule has 0 bridgehead atoms. The van der Waals surface area contributed by atoms with Gasteiger partial charge in [0.2, 0.25) is 0 Å². The van der Waals surface area contributed by atoms with Crippen molar-refractivity contribution < 1.29 is 14.4 Å². The van der Waals surface area contributed by atoms with E-state index >= 15 is 0 Å². The summed E-state index contributed by atoms with van der Waals surface area (Å²) in [4.78, 5) is 21.7. The van der Waals surface area contributed by atoms with E-state index in [1.54, 1.807) is 25.2 Å².